The van der Waals surface area contributed by atoms with Gasteiger partial charge in [-0.3, -0.25) is 0 Å². The molecule has 1 aromatic carbocycles. The number of halogens is 1. The van der Waals surface area contributed by atoms with Crippen LogP contribution in [0.3, 0.4) is 0 Å². The second kappa shape index (κ2) is 6.13. The normalized spacial score (nSPS) is 25.4. The number of nitrogens with one attached hydrogen (secondary N) is 1. The van der Waals surface area contributed by atoms with E-state index in [4.69, 9.17) is 4.74 Å². The minimum atomic E-state index is -0.193. The number of ether oxygens (including phenoxy) is 1. The molecule has 0 amide bonds. The summed E-state index contributed by atoms with van der Waals surface area (Å²) < 4.78 is 19.7. The fourth-order valence-corrected chi connectivity index (χ4v) is 2.91. The van der Waals surface area contributed by atoms with Gasteiger partial charge >= 0.3 is 0 Å². The lowest BCUT2D eigenvalue weighted by atomic mass is 9.84. The third-order valence-electron chi connectivity index (χ3n) is 4.04. The Balaban J connectivity index is 2.24. The molecule has 3 heteroatoms. The van der Waals surface area contributed by atoms with E-state index in [1.807, 2.05) is 0 Å². The Morgan fingerprint density at radius 3 is 2.85 bits per heavy atom. The van der Waals surface area contributed by atoms with Crippen LogP contribution in [0.1, 0.15) is 58.6 Å². The summed E-state index contributed by atoms with van der Waals surface area (Å²) in [5.41, 5.74) is 0.788. The number of fused-ring (bicyclic) bond motifs is 1. The first-order valence-electron chi connectivity index (χ1n) is 7.65. The molecule has 0 aromatic heterocycles. The van der Waals surface area contributed by atoms with Crippen LogP contribution >= 0.6 is 0 Å². The van der Waals surface area contributed by atoms with Crippen molar-refractivity contribution in [3.63, 3.8) is 0 Å². The van der Waals surface area contributed by atoms with Crippen LogP contribution < -0.4 is 10.1 Å². The van der Waals surface area contributed by atoms with Gasteiger partial charge in [-0.15, -0.1) is 0 Å². The van der Waals surface area contributed by atoms with Crippen LogP contribution in [-0.4, -0.2) is 12.1 Å². The van der Waals surface area contributed by atoms with Crippen molar-refractivity contribution in [2.45, 2.75) is 58.6 Å². The molecule has 2 rings (SSSR count). The minimum absolute atomic E-state index is 0.165. The Hall–Kier alpha value is -1.09. The molecule has 112 valence electrons. The SMILES string of the molecule is CCNC1CC(C)(CCC(C)C)Oc2ccc(F)cc21. The second-order valence-electron chi connectivity index (χ2n) is 6.48. The monoisotopic (exact) mass is 279 g/mol. The van der Waals surface area contributed by atoms with Crippen LogP contribution in [0.2, 0.25) is 0 Å². The first-order chi connectivity index (χ1) is 9.43. The maximum absolute atomic E-state index is 13.5. The van der Waals surface area contributed by atoms with E-state index in [-0.39, 0.29) is 17.5 Å². The van der Waals surface area contributed by atoms with Gasteiger partial charge < -0.3 is 10.1 Å². The average Bonchev–Trinajstić information content (AvgIpc) is 2.38. The predicted molar refractivity (Wildman–Crippen MR) is 80.5 cm³/mol. The van der Waals surface area contributed by atoms with Crippen molar-refractivity contribution < 1.29 is 9.13 Å². The third-order valence-corrected chi connectivity index (χ3v) is 4.04. The van der Waals surface area contributed by atoms with Crippen LogP contribution in [0.15, 0.2) is 18.2 Å². The highest BCUT2D eigenvalue weighted by atomic mass is 19.1. The number of benzene rings is 1. The molecule has 1 aliphatic rings. The van der Waals surface area contributed by atoms with Gasteiger partial charge in [0.15, 0.2) is 0 Å². The van der Waals surface area contributed by atoms with Crippen molar-refractivity contribution in [3.8, 4) is 5.75 Å². The van der Waals surface area contributed by atoms with Crippen molar-refractivity contribution in [3.05, 3.63) is 29.6 Å². The van der Waals surface area contributed by atoms with Crippen molar-refractivity contribution in [2.75, 3.05) is 6.54 Å². The average molecular weight is 279 g/mol. The highest BCUT2D eigenvalue weighted by Gasteiger charge is 2.36. The summed E-state index contributed by atoms with van der Waals surface area (Å²) in [7, 11) is 0. The summed E-state index contributed by atoms with van der Waals surface area (Å²) in [5, 5.41) is 3.46. The maximum atomic E-state index is 13.5. The maximum Gasteiger partial charge on any atom is 0.125 e. The Bertz CT molecular complexity index is 460. The first-order valence-corrected chi connectivity index (χ1v) is 7.65. The molecule has 0 saturated heterocycles. The van der Waals surface area contributed by atoms with E-state index < -0.39 is 0 Å². The van der Waals surface area contributed by atoms with Crippen molar-refractivity contribution >= 4 is 0 Å². The van der Waals surface area contributed by atoms with Gasteiger partial charge in [-0.25, -0.2) is 4.39 Å². The largest absolute Gasteiger partial charge is 0.487 e. The molecule has 0 aliphatic carbocycles. The molecular formula is C17H26FNO. The highest BCUT2D eigenvalue weighted by Crippen LogP contribution is 2.42. The smallest absolute Gasteiger partial charge is 0.125 e. The molecule has 0 bridgehead atoms. The summed E-state index contributed by atoms with van der Waals surface area (Å²) in [6, 6.07) is 5.03. The van der Waals surface area contributed by atoms with Gasteiger partial charge in [0.1, 0.15) is 17.2 Å². The van der Waals surface area contributed by atoms with Gasteiger partial charge in [0.05, 0.1) is 0 Å². The van der Waals surface area contributed by atoms with Crippen molar-refractivity contribution in [1.82, 2.24) is 5.32 Å². The summed E-state index contributed by atoms with van der Waals surface area (Å²) in [6.07, 6.45) is 3.07. The highest BCUT2D eigenvalue weighted by molar-refractivity contribution is 5.39. The van der Waals surface area contributed by atoms with Gasteiger partial charge in [-0.2, -0.15) is 0 Å². The molecule has 0 saturated carbocycles. The van der Waals surface area contributed by atoms with Gasteiger partial charge in [-0.1, -0.05) is 20.8 Å². The summed E-state index contributed by atoms with van der Waals surface area (Å²) >= 11 is 0. The summed E-state index contributed by atoms with van der Waals surface area (Å²) in [6.45, 7) is 9.60. The van der Waals surface area contributed by atoms with Crippen LogP contribution in [0.25, 0.3) is 0 Å². The number of hydrogen-bond donors (Lipinski definition) is 1. The first kappa shape index (κ1) is 15.3. The van der Waals surface area contributed by atoms with Gasteiger partial charge in [-0.05, 0) is 50.4 Å². The van der Waals surface area contributed by atoms with E-state index in [9.17, 15) is 4.39 Å². The molecule has 20 heavy (non-hydrogen) atoms. The predicted octanol–water partition coefficient (Wildman–Crippen LogP) is 4.45. The molecule has 1 heterocycles. The lowest BCUT2D eigenvalue weighted by Crippen LogP contribution is -2.42. The summed E-state index contributed by atoms with van der Waals surface area (Å²) in [4.78, 5) is 0. The van der Waals surface area contributed by atoms with E-state index >= 15 is 0 Å². The lowest BCUT2D eigenvalue weighted by Gasteiger charge is -2.40. The Morgan fingerprint density at radius 1 is 1.45 bits per heavy atom. The molecule has 1 aromatic rings. The minimum Gasteiger partial charge on any atom is -0.487 e. The van der Waals surface area contributed by atoms with Gasteiger partial charge in [0.2, 0.25) is 0 Å². The molecule has 2 unspecified atom stereocenters. The van der Waals surface area contributed by atoms with E-state index in [2.05, 4.69) is 33.0 Å². The Kier molecular flexibility index (Phi) is 4.69. The molecule has 2 nitrogen and oxygen atoms in total. The standard InChI is InChI=1S/C17H26FNO/c1-5-19-15-11-17(4,9-8-12(2)3)20-16-7-6-13(18)10-14(15)16/h6-7,10,12,15,19H,5,8-9,11H2,1-4H3. The van der Waals surface area contributed by atoms with Gasteiger partial charge in [0.25, 0.3) is 0 Å². The van der Waals surface area contributed by atoms with Crippen molar-refractivity contribution in [2.24, 2.45) is 5.92 Å². The summed E-state index contributed by atoms with van der Waals surface area (Å²) in [5.74, 6) is 1.30. The Labute approximate surface area is 121 Å². The third kappa shape index (κ3) is 3.51. The van der Waals surface area contributed by atoms with E-state index in [0.29, 0.717) is 5.92 Å². The zero-order valence-corrected chi connectivity index (χ0v) is 13.0. The van der Waals surface area contributed by atoms with Crippen molar-refractivity contribution in [1.29, 1.82) is 0 Å². The van der Waals surface area contributed by atoms with Crippen LogP contribution in [0.4, 0.5) is 4.39 Å². The molecular weight excluding hydrogens is 253 g/mol. The quantitative estimate of drug-likeness (QED) is 0.859. The van der Waals surface area contributed by atoms with E-state index in [1.54, 1.807) is 12.1 Å². The second-order valence-corrected chi connectivity index (χ2v) is 6.48. The fraction of sp³-hybridized carbons (Fsp3) is 0.647. The zero-order valence-electron chi connectivity index (χ0n) is 13.0. The van der Waals surface area contributed by atoms with Crippen LogP contribution in [-0.2, 0) is 0 Å². The molecule has 2 atom stereocenters. The van der Waals surface area contributed by atoms with Crippen LogP contribution in [0.5, 0.6) is 5.75 Å². The number of rotatable bonds is 5. The molecule has 0 radical (unpaired) electrons. The molecule has 0 spiro atoms. The topological polar surface area (TPSA) is 21.3 Å². The van der Waals surface area contributed by atoms with E-state index in [0.717, 1.165) is 37.1 Å². The molecule has 1 aliphatic heterocycles. The zero-order chi connectivity index (χ0) is 14.8. The van der Waals surface area contributed by atoms with E-state index in [1.165, 1.54) is 6.07 Å². The van der Waals surface area contributed by atoms with Crippen LogP contribution in [0, 0.1) is 11.7 Å². The lowest BCUT2D eigenvalue weighted by molar-refractivity contribution is 0.0349. The molecule has 0 fully saturated rings. The Morgan fingerprint density at radius 2 is 2.20 bits per heavy atom. The van der Waals surface area contributed by atoms with Gasteiger partial charge in [0, 0.05) is 18.0 Å². The molecule has 1 N–H and O–H groups in total. The number of hydrogen-bond acceptors (Lipinski definition) is 2. The fourth-order valence-electron chi connectivity index (χ4n) is 2.91.